The maximum absolute atomic E-state index is 13.4. The quantitative estimate of drug-likeness (QED) is 0.695. The van der Waals surface area contributed by atoms with E-state index in [1.165, 1.54) is 0 Å². The zero-order valence-corrected chi connectivity index (χ0v) is 13.8. The minimum atomic E-state index is -1.72. The van der Waals surface area contributed by atoms with Crippen molar-refractivity contribution < 1.29 is 32.3 Å². The molecule has 3 N–H and O–H groups in total. The average Bonchev–Trinajstić information content (AvgIpc) is 2.50. The molecule has 0 saturated heterocycles. The number of carbonyl (C=O) groups excluding carboxylic acids is 3. The highest BCUT2D eigenvalue weighted by atomic mass is 19.2. The van der Waals surface area contributed by atoms with Crippen LogP contribution < -0.4 is 16.0 Å². The van der Waals surface area contributed by atoms with Gasteiger partial charge in [0.15, 0.2) is 17.5 Å². The fraction of sp³-hybridized carbons (Fsp3) is 0.400. The molecule has 0 spiro atoms. The summed E-state index contributed by atoms with van der Waals surface area (Å²) in [5.41, 5.74) is -1.29. The first kappa shape index (κ1) is 20.3. The molecule has 1 aromatic rings. The molecule has 0 saturated carbocycles. The number of amides is 3. The summed E-state index contributed by atoms with van der Waals surface area (Å²) in [4.78, 5) is 34.4. The molecule has 7 nitrogen and oxygen atoms in total. The highest BCUT2D eigenvalue weighted by molar-refractivity contribution is 5.95. The summed E-state index contributed by atoms with van der Waals surface area (Å²) < 4.78 is 44.1. The molecule has 0 aliphatic carbocycles. The van der Waals surface area contributed by atoms with Gasteiger partial charge in [0.05, 0.1) is 12.2 Å². The predicted molar refractivity (Wildman–Crippen MR) is 82.2 cm³/mol. The second-order valence-corrected chi connectivity index (χ2v) is 5.90. The third kappa shape index (κ3) is 7.10. The fourth-order valence-corrected chi connectivity index (χ4v) is 1.52. The highest BCUT2D eigenvalue weighted by Crippen LogP contribution is 2.19. The first-order chi connectivity index (χ1) is 11.5. The van der Waals surface area contributed by atoms with E-state index in [2.05, 4.69) is 10.6 Å². The Morgan fingerprint density at radius 1 is 0.960 bits per heavy atom. The van der Waals surface area contributed by atoms with Crippen LogP contribution in [0.4, 0.5) is 23.7 Å². The number of nitrogens with one attached hydrogen (secondary N) is 3. The van der Waals surface area contributed by atoms with Crippen LogP contribution in [0.3, 0.4) is 0 Å². The molecule has 0 heterocycles. The van der Waals surface area contributed by atoms with Crippen molar-refractivity contribution in [2.75, 3.05) is 18.4 Å². The van der Waals surface area contributed by atoms with Crippen molar-refractivity contribution in [1.82, 2.24) is 10.6 Å². The van der Waals surface area contributed by atoms with E-state index in [4.69, 9.17) is 4.74 Å². The van der Waals surface area contributed by atoms with E-state index < -0.39 is 59.7 Å². The van der Waals surface area contributed by atoms with Gasteiger partial charge in [0.2, 0.25) is 11.8 Å². The number of hydrogen-bond acceptors (Lipinski definition) is 4. The highest BCUT2D eigenvalue weighted by Gasteiger charge is 2.17. The van der Waals surface area contributed by atoms with Crippen molar-refractivity contribution in [2.24, 2.45) is 0 Å². The van der Waals surface area contributed by atoms with Gasteiger partial charge >= 0.3 is 6.09 Å². The maximum Gasteiger partial charge on any atom is 0.408 e. The van der Waals surface area contributed by atoms with Crippen molar-refractivity contribution in [2.45, 2.75) is 26.4 Å². The second-order valence-electron chi connectivity index (χ2n) is 5.90. The normalized spacial score (nSPS) is 10.8. The molecule has 0 aliphatic rings. The Bertz CT molecular complexity index is 675. The van der Waals surface area contributed by atoms with Gasteiger partial charge in [-0.2, -0.15) is 0 Å². The van der Waals surface area contributed by atoms with E-state index in [-0.39, 0.29) is 0 Å². The van der Waals surface area contributed by atoms with Crippen LogP contribution in [-0.2, 0) is 14.3 Å². The molecular formula is C15H18F3N3O4. The topological polar surface area (TPSA) is 96.5 Å². The molecule has 138 valence electrons. The van der Waals surface area contributed by atoms with Gasteiger partial charge in [-0.3, -0.25) is 9.59 Å². The Balaban J connectivity index is 2.40. The molecule has 0 atom stereocenters. The fourth-order valence-electron chi connectivity index (χ4n) is 1.52. The van der Waals surface area contributed by atoms with Crippen LogP contribution in [0, 0.1) is 17.5 Å². The van der Waals surface area contributed by atoms with Gasteiger partial charge in [-0.25, -0.2) is 18.0 Å². The van der Waals surface area contributed by atoms with Crippen LogP contribution in [0.5, 0.6) is 0 Å². The molecule has 10 heteroatoms. The molecule has 1 rings (SSSR count). The number of halogens is 3. The van der Waals surface area contributed by atoms with Crippen molar-refractivity contribution in [1.29, 1.82) is 0 Å². The smallest absolute Gasteiger partial charge is 0.408 e. The number of alkyl carbamates (subject to hydrolysis) is 1. The predicted octanol–water partition coefficient (Wildman–Crippen LogP) is 1.68. The Morgan fingerprint density at radius 3 is 2.16 bits per heavy atom. The number of anilines is 1. The standard InChI is InChI=1S/C15H18F3N3O4/c1-15(2,3)25-14(24)20-6-10(22)19-7-11(23)21-9-5-4-8(16)12(17)13(9)18/h4-5H,6-7H2,1-3H3,(H,19,22)(H,20,24)(H,21,23). The molecule has 0 bridgehead atoms. The summed E-state index contributed by atoms with van der Waals surface area (Å²) in [5.74, 6) is -6.23. The van der Waals surface area contributed by atoms with Crippen LogP contribution >= 0.6 is 0 Å². The average molecular weight is 361 g/mol. The van der Waals surface area contributed by atoms with Crippen molar-refractivity contribution in [3.8, 4) is 0 Å². The third-order valence-electron chi connectivity index (χ3n) is 2.55. The van der Waals surface area contributed by atoms with E-state index in [1.807, 2.05) is 5.32 Å². The van der Waals surface area contributed by atoms with Gasteiger partial charge in [-0.15, -0.1) is 0 Å². The number of hydrogen-bond donors (Lipinski definition) is 3. The summed E-state index contributed by atoms with van der Waals surface area (Å²) in [5, 5.41) is 6.32. The molecule has 0 fully saturated rings. The van der Waals surface area contributed by atoms with Gasteiger partial charge in [0, 0.05) is 0 Å². The van der Waals surface area contributed by atoms with E-state index >= 15 is 0 Å². The Labute approximate surface area is 141 Å². The van der Waals surface area contributed by atoms with Gasteiger partial charge < -0.3 is 20.7 Å². The molecule has 0 unspecified atom stereocenters. The van der Waals surface area contributed by atoms with E-state index in [1.54, 1.807) is 20.8 Å². The van der Waals surface area contributed by atoms with Crippen molar-refractivity contribution in [3.63, 3.8) is 0 Å². The minimum absolute atomic E-state index is 0.443. The van der Waals surface area contributed by atoms with Crippen LogP contribution in [0.25, 0.3) is 0 Å². The molecule has 0 aliphatic heterocycles. The number of rotatable bonds is 5. The molecule has 3 amide bonds. The third-order valence-corrected chi connectivity index (χ3v) is 2.55. The number of carbonyl (C=O) groups is 3. The minimum Gasteiger partial charge on any atom is -0.444 e. The Morgan fingerprint density at radius 2 is 1.56 bits per heavy atom. The number of ether oxygens (including phenoxy) is 1. The van der Waals surface area contributed by atoms with E-state index in [0.29, 0.717) is 6.07 Å². The molecule has 1 aromatic carbocycles. The lowest BCUT2D eigenvalue weighted by Gasteiger charge is -2.19. The first-order valence-electron chi connectivity index (χ1n) is 7.16. The molecule has 0 aromatic heterocycles. The molecular weight excluding hydrogens is 343 g/mol. The lowest BCUT2D eigenvalue weighted by Crippen LogP contribution is -2.41. The summed E-state index contributed by atoms with van der Waals surface area (Å²) in [6, 6.07) is 1.49. The summed E-state index contributed by atoms with van der Waals surface area (Å²) in [7, 11) is 0. The van der Waals surface area contributed by atoms with Crippen LogP contribution in [0.15, 0.2) is 12.1 Å². The van der Waals surface area contributed by atoms with Gasteiger partial charge in [-0.1, -0.05) is 0 Å². The summed E-state index contributed by atoms with van der Waals surface area (Å²) in [6.07, 6.45) is -0.809. The van der Waals surface area contributed by atoms with Crippen LogP contribution in [-0.4, -0.2) is 36.6 Å². The van der Waals surface area contributed by atoms with E-state index in [0.717, 1.165) is 6.07 Å². The largest absolute Gasteiger partial charge is 0.444 e. The number of benzene rings is 1. The lowest BCUT2D eigenvalue weighted by atomic mass is 10.2. The maximum atomic E-state index is 13.4. The van der Waals surface area contributed by atoms with Crippen molar-refractivity contribution >= 4 is 23.6 Å². The zero-order chi connectivity index (χ0) is 19.2. The van der Waals surface area contributed by atoms with E-state index in [9.17, 15) is 27.6 Å². The monoisotopic (exact) mass is 361 g/mol. The Kier molecular flexibility index (Phi) is 6.77. The molecule has 0 radical (unpaired) electrons. The van der Waals surface area contributed by atoms with Gasteiger partial charge in [-0.05, 0) is 32.9 Å². The first-order valence-corrected chi connectivity index (χ1v) is 7.16. The molecule has 25 heavy (non-hydrogen) atoms. The van der Waals surface area contributed by atoms with Gasteiger partial charge in [0.25, 0.3) is 0 Å². The summed E-state index contributed by atoms with van der Waals surface area (Å²) in [6.45, 7) is 3.94. The SMILES string of the molecule is CC(C)(C)OC(=O)NCC(=O)NCC(=O)Nc1ccc(F)c(F)c1F. The Hall–Kier alpha value is -2.78. The lowest BCUT2D eigenvalue weighted by molar-refractivity contribution is -0.123. The van der Waals surface area contributed by atoms with Crippen molar-refractivity contribution in [3.05, 3.63) is 29.6 Å². The zero-order valence-electron chi connectivity index (χ0n) is 13.8. The second kappa shape index (κ2) is 8.36. The van der Waals surface area contributed by atoms with Gasteiger partial charge in [0.1, 0.15) is 12.1 Å². The van der Waals surface area contributed by atoms with Crippen LogP contribution in [0.1, 0.15) is 20.8 Å². The summed E-state index contributed by atoms with van der Waals surface area (Å²) >= 11 is 0. The van der Waals surface area contributed by atoms with Crippen LogP contribution in [0.2, 0.25) is 0 Å².